The quantitative estimate of drug-likeness (QED) is 0.158. The zero-order valence-electron chi connectivity index (χ0n) is 20.3. The van der Waals surface area contributed by atoms with Crippen LogP contribution >= 0.6 is 0 Å². The average molecular weight is 575 g/mol. The Bertz CT molecular complexity index is 1110. The molecule has 0 aliphatic heterocycles. The summed E-state index contributed by atoms with van der Waals surface area (Å²) in [6, 6.07) is 39.1. The summed E-state index contributed by atoms with van der Waals surface area (Å²) in [5, 5.41) is 0. The fourth-order valence-electron chi connectivity index (χ4n) is 3.08. The molecule has 0 aliphatic carbocycles. The Morgan fingerprint density at radius 3 is 0.730 bits per heavy atom. The molecule has 0 aromatic heterocycles. The van der Waals surface area contributed by atoms with E-state index in [1.54, 1.807) is 24.3 Å². The van der Waals surface area contributed by atoms with Crippen molar-refractivity contribution in [1.29, 1.82) is 0 Å². The van der Waals surface area contributed by atoms with Gasteiger partial charge in [-0.25, -0.2) is 0 Å². The number of benzene rings is 4. The third-order valence-corrected chi connectivity index (χ3v) is 4.96. The summed E-state index contributed by atoms with van der Waals surface area (Å²) < 4.78 is 0. The number of ketones is 2. The van der Waals surface area contributed by atoms with E-state index in [-0.39, 0.29) is 32.0 Å². The maximum atomic E-state index is 11.6. The van der Waals surface area contributed by atoms with Crippen molar-refractivity contribution in [3.8, 4) is 0 Å². The minimum absolute atomic E-state index is 0. The monoisotopic (exact) mass is 574 g/mol. The number of carbonyl (C=O) groups excluding carboxylic acids is 2. The van der Waals surface area contributed by atoms with Gasteiger partial charge in [0.1, 0.15) is 0 Å². The molecule has 4 aromatic carbocycles. The Balaban J connectivity index is 0.000000253. The van der Waals surface area contributed by atoms with Gasteiger partial charge in [-0.1, -0.05) is 146 Å². The van der Waals surface area contributed by atoms with Crippen molar-refractivity contribution in [1.82, 2.24) is 0 Å². The van der Waals surface area contributed by atoms with Gasteiger partial charge in [0.25, 0.3) is 0 Å². The Morgan fingerprint density at radius 2 is 0.541 bits per heavy atom. The van der Waals surface area contributed by atoms with Gasteiger partial charge in [0.05, 0.1) is 0 Å². The van der Waals surface area contributed by atoms with Crippen LogP contribution in [0.15, 0.2) is 146 Å². The van der Waals surface area contributed by atoms with Crippen LogP contribution in [0.4, 0.5) is 0 Å². The van der Waals surface area contributed by atoms with Crippen LogP contribution in [-0.2, 0) is 30.0 Å². The van der Waals surface area contributed by atoms with Crippen LogP contribution in [0.3, 0.4) is 0 Å². The largest absolute Gasteiger partial charge is 0.290 e. The summed E-state index contributed by atoms with van der Waals surface area (Å²) in [7, 11) is 0. The van der Waals surface area contributed by atoms with E-state index in [4.69, 9.17) is 0 Å². The van der Waals surface area contributed by atoms with Gasteiger partial charge in [0.2, 0.25) is 0 Å². The van der Waals surface area contributed by atoms with Gasteiger partial charge in [0, 0.05) is 20.4 Å². The topological polar surface area (TPSA) is 34.1 Å². The summed E-state index contributed by atoms with van der Waals surface area (Å²) in [5.41, 5.74) is 4.11. The number of rotatable bonds is 8. The summed E-state index contributed by atoms with van der Waals surface area (Å²) in [6.07, 6.45) is 13.6. The van der Waals surface area contributed by atoms with E-state index in [9.17, 15) is 9.59 Å². The Morgan fingerprint density at radius 1 is 0.351 bits per heavy atom. The molecule has 37 heavy (non-hydrogen) atoms. The number of carbonyl (C=O) groups is 2. The first-order valence-corrected chi connectivity index (χ1v) is 11.7. The van der Waals surface area contributed by atoms with Crippen LogP contribution in [0.1, 0.15) is 22.3 Å². The minimum atomic E-state index is -0.0114. The first kappa shape index (κ1) is 29.1. The van der Waals surface area contributed by atoms with Gasteiger partial charge in [0.15, 0.2) is 11.6 Å². The Kier molecular flexibility index (Phi) is 13.6. The normalized spacial score (nSPS) is 10.8. The van der Waals surface area contributed by atoms with Gasteiger partial charge in [-0.2, -0.15) is 0 Å². The smallest absolute Gasteiger partial charge is 0.178 e. The van der Waals surface area contributed by atoms with Gasteiger partial charge < -0.3 is 0 Å². The van der Waals surface area contributed by atoms with Crippen molar-refractivity contribution in [2.24, 2.45) is 0 Å². The summed E-state index contributed by atoms with van der Waals surface area (Å²) in [6.45, 7) is 0. The van der Waals surface area contributed by atoms with Crippen LogP contribution in [0.2, 0.25) is 0 Å². The molecular weight excluding hydrogens is 547 g/mol. The molecule has 0 radical (unpaired) electrons. The van der Waals surface area contributed by atoms with E-state index < -0.39 is 0 Å². The van der Waals surface area contributed by atoms with E-state index in [2.05, 4.69) is 0 Å². The van der Waals surface area contributed by atoms with Crippen LogP contribution in [0.5, 0.6) is 0 Å². The van der Waals surface area contributed by atoms with E-state index in [0.29, 0.717) is 0 Å². The molecule has 186 valence electrons. The standard InChI is InChI=1S/2C17H14O.Pd/c2*18-17(13-11-15-7-3-1-4-8-15)14-12-16-9-5-2-6-10-16;/h2*1-14H;/b13-11+,14-12+;13-11-,14-12-;. The summed E-state index contributed by atoms with van der Waals surface area (Å²) >= 11 is 0. The van der Waals surface area contributed by atoms with Crippen molar-refractivity contribution in [3.63, 3.8) is 0 Å². The van der Waals surface area contributed by atoms with Crippen LogP contribution in [0.25, 0.3) is 24.3 Å². The van der Waals surface area contributed by atoms with Gasteiger partial charge >= 0.3 is 0 Å². The summed E-state index contributed by atoms with van der Waals surface area (Å²) in [5.74, 6) is -0.0228. The molecule has 0 fully saturated rings. The fourth-order valence-corrected chi connectivity index (χ4v) is 3.08. The zero-order chi connectivity index (χ0) is 25.3. The Hall–Kier alpha value is -4.16. The molecule has 0 unspecified atom stereocenters. The zero-order valence-corrected chi connectivity index (χ0v) is 21.9. The molecular formula is C34H28O2Pd. The molecule has 2 nitrogen and oxygen atoms in total. The maximum absolute atomic E-state index is 11.6. The van der Waals surface area contributed by atoms with Gasteiger partial charge in [-0.15, -0.1) is 0 Å². The molecule has 0 amide bonds. The molecule has 0 N–H and O–H groups in total. The number of allylic oxidation sites excluding steroid dienone is 4. The van der Waals surface area contributed by atoms with E-state index in [1.165, 1.54) is 0 Å². The first-order chi connectivity index (χ1) is 17.7. The third kappa shape index (κ3) is 12.4. The molecule has 0 spiro atoms. The predicted molar refractivity (Wildman–Crippen MR) is 152 cm³/mol. The van der Waals surface area contributed by atoms with Crippen molar-refractivity contribution in [2.45, 2.75) is 0 Å². The Labute approximate surface area is 233 Å². The molecule has 0 saturated carbocycles. The number of hydrogen-bond acceptors (Lipinski definition) is 2. The molecule has 0 saturated heterocycles. The summed E-state index contributed by atoms with van der Waals surface area (Å²) in [4.78, 5) is 23.2. The maximum Gasteiger partial charge on any atom is 0.178 e. The molecule has 0 bridgehead atoms. The molecule has 0 heterocycles. The van der Waals surface area contributed by atoms with Crippen molar-refractivity contribution < 1.29 is 30.0 Å². The first-order valence-electron chi connectivity index (χ1n) is 11.7. The van der Waals surface area contributed by atoms with Crippen molar-refractivity contribution in [2.75, 3.05) is 0 Å². The second kappa shape index (κ2) is 17.3. The van der Waals surface area contributed by atoms with Gasteiger partial charge in [-0.05, 0) is 46.6 Å². The van der Waals surface area contributed by atoms with Gasteiger partial charge in [-0.3, -0.25) is 9.59 Å². The van der Waals surface area contributed by atoms with E-state index in [0.717, 1.165) is 22.3 Å². The van der Waals surface area contributed by atoms with E-state index in [1.807, 2.05) is 146 Å². The third-order valence-electron chi connectivity index (χ3n) is 4.96. The second-order valence-corrected chi connectivity index (χ2v) is 7.78. The molecule has 3 heteroatoms. The van der Waals surface area contributed by atoms with Crippen molar-refractivity contribution in [3.05, 3.63) is 168 Å². The SMILES string of the molecule is O=C(/C=C/c1ccccc1)/C=C/c1ccccc1.O=C(/C=C\c1ccccc1)/C=C\c1ccccc1.[Pd]. The number of hydrogen-bond donors (Lipinski definition) is 0. The van der Waals surface area contributed by atoms with Crippen molar-refractivity contribution >= 4 is 35.9 Å². The van der Waals surface area contributed by atoms with Crippen LogP contribution in [0, 0.1) is 0 Å². The van der Waals surface area contributed by atoms with E-state index >= 15 is 0 Å². The fraction of sp³-hybridized carbons (Fsp3) is 0. The molecule has 4 aromatic rings. The predicted octanol–water partition coefficient (Wildman–Crippen LogP) is 7.96. The molecule has 0 atom stereocenters. The van der Waals surface area contributed by atoms with Crippen LogP contribution < -0.4 is 0 Å². The average Bonchev–Trinajstić information content (AvgIpc) is 2.95. The minimum Gasteiger partial charge on any atom is -0.290 e. The molecule has 4 rings (SSSR count). The molecule has 0 aliphatic rings. The van der Waals surface area contributed by atoms with Crippen LogP contribution in [-0.4, -0.2) is 11.6 Å². The second-order valence-electron chi connectivity index (χ2n) is 7.78.